The molecule has 0 radical (unpaired) electrons. The van der Waals surface area contributed by atoms with Gasteiger partial charge in [-0.25, -0.2) is 4.98 Å². The highest BCUT2D eigenvalue weighted by molar-refractivity contribution is 7.22. The van der Waals surface area contributed by atoms with Gasteiger partial charge in [0.2, 0.25) is 0 Å². The topological polar surface area (TPSA) is 24.9 Å². The molecule has 1 aromatic heterocycles. The summed E-state index contributed by atoms with van der Waals surface area (Å²) >= 11 is 7.68. The number of nitrogens with zero attached hydrogens (tertiary/aromatic N) is 1. The minimum absolute atomic E-state index is 0.611. The lowest BCUT2D eigenvalue weighted by molar-refractivity contribution is 0.462. The molecule has 0 amide bonds. The van der Waals surface area contributed by atoms with Crippen LogP contribution in [0.15, 0.2) is 18.2 Å². The number of thiazole rings is 1. The standard InChI is InChI=1S/C13H15ClN2S/c14-9-6-7-11-12(8-9)17-13(16-11)15-10-4-2-1-3-5-10/h6-8,10H,1-5H2,(H,15,16). The highest BCUT2D eigenvalue weighted by atomic mass is 35.5. The molecule has 0 atom stereocenters. The number of hydrogen-bond acceptors (Lipinski definition) is 3. The minimum Gasteiger partial charge on any atom is -0.359 e. The first kappa shape index (κ1) is 11.3. The van der Waals surface area contributed by atoms with Gasteiger partial charge in [0.15, 0.2) is 5.13 Å². The molecule has 0 saturated heterocycles. The molecule has 1 saturated carbocycles. The Morgan fingerprint density at radius 3 is 2.88 bits per heavy atom. The maximum Gasteiger partial charge on any atom is 0.184 e. The van der Waals surface area contributed by atoms with E-state index >= 15 is 0 Å². The zero-order valence-corrected chi connectivity index (χ0v) is 11.2. The molecule has 2 aromatic rings. The van der Waals surface area contributed by atoms with Gasteiger partial charge in [-0.2, -0.15) is 0 Å². The summed E-state index contributed by atoms with van der Waals surface area (Å²) in [5.41, 5.74) is 1.04. The van der Waals surface area contributed by atoms with Crippen molar-refractivity contribution in [3.8, 4) is 0 Å². The lowest BCUT2D eigenvalue weighted by Crippen LogP contribution is -2.21. The molecule has 1 heterocycles. The lowest BCUT2D eigenvalue weighted by Gasteiger charge is -2.22. The Bertz CT molecular complexity index is 517. The van der Waals surface area contributed by atoms with Gasteiger partial charge in [-0.15, -0.1) is 0 Å². The van der Waals surface area contributed by atoms with Crippen LogP contribution in [0.2, 0.25) is 5.02 Å². The van der Waals surface area contributed by atoms with Crippen LogP contribution in [0.1, 0.15) is 32.1 Å². The van der Waals surface area contributed by atoms with Crippen molar-refractivity contribution >= 4 is 38.3 Å². The highest BCUT2D eigenvalue weighted by Gasteiger charge is 2.14. The Morgan fingerprint density at radius 2 is 2.06 bits per heavy atom. The molecule has 1 fully saturated rings. The lowest BCUT2D eigenvalue weighted by atomic mass is 9.96. The SMILES string of the molecule is Clc1ccc2nc(NC3CCCCC3)sc2c1. The van der Waals surface area contributed by atoms with E-state index in [2.05, 4.69) is 10.3 Å². The van der Waals surface area contributed by atoms with Gasteiger partial charge in [0.25, 0.3) is 0 Å². The molecule has 2 nitrogen and oxygen atoms in total. The summed E-state index contributed by atoms with van der Waals surface area (Å²) in [6.07, 6.45) is 6.61. The van der Waals surface area contributed by atoms with Gasteiger partial charge in [0, 0.05) is 11.1 Å². The Hall–Kier alpha value is -0.800. The summed E-state index contributed by atoms with van der Waals surface area (Å²) in [6.45, 7) is 0. The van der Waals surface area contributed by atoms with E-state index in [9.17, 15) is 0 Å². The molecule has 1 aliphatic rings. The van der Waals surface area contributed by atoms with Crippen molar-refractivity contribution in [3.63, 3.8) is 0 Å². The van der Waals surface area contributed by atoms with Crippen molar-refractivity contribution in [3.05, 3.63) is 23.2 Å². The summed E-state index contributed by atoms with van der Waals surface area (Å²) in [5.74, 6) is 0. The number of benzene rings is 1. The summed E-state index contributed by atoms with van der Waals surface area (Å²) < 4.78 is 1.16. The van der Waals surface area contributed by atoms with Crippen LogP contribution in [-0.2, 0) is 0 Å². The number of hydrogen-bond donors (Lipinski definition) is 1. The molecule has 1 N–H and O–H groups in total. The van der Waals surface area contributed by atoms with Crippen LogP contribution in [0.5, 0.6) is 0 Å². The largest absolute Gasteiger partial charge is 0.359 e. The third-order valence-corrected chi connectivity index (χ3v) is 4.47. The number of aromatic nitrogens is 1. The number of fused-ring (bicyclic) bond motifs is 1. The Morgan fingerprint density at radius 1 is 1.24 bits per heavy atom. The van der Waals surface area contributed by atoms with E-state index < -0.39 is 0 Å². The van der Waals surface area contributed by atoms with Crippen LogP contribution in [0.4, 0.5) is 5.13 Å². The van der Waals surface area contributed by atoms with Crippen molar-refractivity contribution in [2.75, 3.05) is 5.32 Å². The third kappa shape index (κ3) is 2.55. The minimum atomic E-state index is 0.611. The fraction of sp³-hybridized carbons (Fsp3) is 0.462. The number of anilines is 1. The van der Waals surface area contributed by atoms with Gasteiger partial charge in [0.1, 0.15) is 0 Å². The molecule has 4 heteroatoms. The van der Waals surface area contributed by atoms with Gasteiger partial charge < -0.3 is 5.32 Å². The van der Waals surface area contributed by atoms with E-state index in [0.717, 1.165) is 20.4 Å². The Balaban J connectivity index is 1.80. The van der Waals surface area contributed by atoms with E-state index in [1.807, 2.05) is 18.2 Å². The van der Waals surface area contributed by atoms with E-state index in [0.29, 0.717) is 6.04 Å². The van der Waals surface area contributed by atoms with Gasteiger partial charge in [-0.1, -0.05) is 42.2 Å². The smallest absolute Gasteiger partial charge is 0.184 e. The van der Waals surface area contributed by atoms with Gasteiger partial charge in [-0.05, 0) is 31.0 Å². The summed E-state index contributed by atoms with van der Waals surface area (Å²) in [7, 11) is 0. The maximum absolute atomic E-state index is 5.98. The Labute approximate surface area is 110 Å². The van der Waals surface area contributed by atoms with Crippen molar-refractivity contribution < 1.29 is 0 Å². The van der Waals surface area contributed by atoms with Crippen molar-refractivity contribution in [2.24, 2.45) is 0 Å². The molecule has 0 bridgehead atoms. The van der Waals surface area contributed by atoms with Crippen LogP contribution in [0, 0.1) is 0 Å². The molecule has 90 valence electrons. The van der Waals surface area contributed by atoms with Gasteiger partial charge in [-0.3, -0.25) is 0 Å². The van der Waals surface area contributed by atoms with Crippen molar-refractivity contribution in [1.82, 2.24) is 4.98 Å². The molecule has 1 aliphatic carbocycles. The predicted octanol–water partition coefficient (Wildman–Crippen LogP) is 4.69. The monoisotopic (exact) mass is 266 g/mol. The zero-order chi connectivity index (χ0) is 11.7. The number of rotatable bonds is 2. The molecule has 0 unspecified atom stereocenters. The third-order valence-electron chi connectivity index (χ3n) is 3.28. The first-order valence-corrected chi connectivity index (χ1v) is 7.33. The number of nitrogens with one attached hydrogen (secondary N) is 1. The van der Waals surface area contributed by atoms with E-state index in [4.69, 9.17) is 11.6 Å². The van der Waals surface area contributed by atoms with Crippen LogP contribution in [0.3, 0.4) is 0 Å². The molecular weight excluding hydrogens is 252 g/mol. The second-order valence-electron chi connectivity index (χ2n) is 4.61. The van der Waals surface area contributed by atoms with Gasteiger partial charge >= 0.3 is 0 Å². The fourth-order valence-corrected chi connectivity index (χ4v) is 3.60. The van der Waals surface area contributed by atoms with Crippen LogP contribution < -0.4 is 5.32 Å². The predicted molar refractivity (Wildman–Crippen MR) is 75.1 cm³/mol. The van der Waals surface area contributed by atoms with Crippen LogP contribution in [-0.4, -0.2) is 11.0 Å². The summed E-state index contributed by atoms with van der Waals surface area (Å²) in [5, 5.41) is 5.37. The van der Waals surface area contributed by atoms with Gasteiger partial charge in [0.05, 0.1) is 10.2 Å². The maximum atomic E-state index is 5.98. The second kappa shape index (κ2) is 4.83. The molecule has 17 heavy (non-hydrogen) atoms. The summed E-state index contributed by atoms with van der Waals surface area (Å²) in [6, 6.07) is 6.48. The fourth-order valence-electron chi connectivity index (χ4n) is 2.38. The van der Waals surface area contributed by atoms with Crippen molar-refractivity contribution in [1.29, 1.82) is 0 Å². The summed E-state index contributed by atoms with van der Waals surface area (Å²) in [4.78, 5) is 4.60. The molecular formula is C13H15ClN2S. The number of halogens is 1. The molecule has 3 rings (SSSR count). The zero-order valence-electron chi connectivity index (χ0n) is 9.58. The second-order valence-corrected chi connectivity index (χ2v) is 6.08. The van der Waals surface area contributed by atoms with E-state index in [-0.39, 0.29) is 0 Å². The van der Waals surface area contributed by atoms with Crippen LogP contribution in [0.25, 0.3) is 10.2 Å². The average molecular weight is 267 g/mol. The molecule has 1 aromatic carbocycles. The van der Waals surface area contributed by atoms with E-state index in [1.165, 1.54) is 32.1 Å². The first-order valence-electron chi connectivity index (χ1n) is 6.14. The molecule has 0 aliphatic heterocycles. The quantitative estimate of drug-likeness (QED) is 0.853. The average Bonchev–Trinajstić information content (AvgIpc) is 2.71. The molecule has 0 spiro atoms. The highest BCUT2D eigenvalue weighted by Crippen LogP contribution is 2.30. The normalized spacial score (nSPS) is 17.5. The Kier molecular flexibility index (Phi) is 3.21. The first-order chi connectivity index (χ1) is 8.31. The van der Waals surface area contributed by atoms with E-state index in [1.54, 1.807) is 11.3 Å². The van der Waals surface area contributed by atoms with Crippen LogP contribution >= 0.6 is 22.9 Å². The van der Waals surface area contributed by atoms with Crippen molar-refractivity contribution in [2.45, 2.75) is 38.1 Å².